The Morgan fingerprint density at radius 1 is 1.21 bits per heavy atom. The number of hydrogen-bond donors (Lipinski definition) is 0. The highest BCUT2D eigenvalue weighted by Crippen LogP contribution is 2.40. The smallest absolute Gasteiger partial charge is 0.303 e. The summed E-state index contributed by atoms with van der Waals surface area (Å²) in [6, 6.07) is 12.5. The number of benzene rings is 2. The van der Waals surface area contributed by atoms with Crippen molar-refractivity contribution in [1.29, 1.82) is 0 Å². The van der Waals surface area contributed by atoms with E-state index in [9.17, 15) is 4.79 Å². The molecule has 1 aliphatic rings. The van der Waals surface area contributed by atoms with Crippen LogP contribution in [0.4, 0.5) is 0 Å². The van der Waals surface area contributed by atoms with E-state index in [1.807, 2.05) is 24.3 Å². The summed E-state index contributed by atoms with van der Waals surface area (Å²) in [5.74, 6) is -0.261. The lowest BCUT2D eigenvalue weighted by Crippen LogP contribution is -2.22. The fraction of sp³-hybridized carbons (Fsp3) is 0.188. The number of esters is 1. The normalized spacial score (nSPS) is 21.2. The van der Waals surface area contributed by atoms with Gasteiger partial charge in [-0.1, -0.05) is 58.4 Å². The first kappa shape index (κ1) is 12.4. The summed E-state index contributed by atoms with van der Waals surface area (Å²) >= 11 is 3.67. The lowest BCUT2D eigenvalue weighted by Gasteiger charge is -2.26. The average molecular weight is 317 g/mol. The van der Waals surface area contributed by atoms with E-state index in [1.54, 1.807) is 0 Å². The molecule has 0 fully saturated rings. The van der Waals surface area contributed by atoms with Gasteiger partial charge in [0.05, 0.1) is 4.83 Å². The number of ether oxygens (including phenoxy) is 1. The Morgan fingerprint density at radius 2 is 2.00 bits per heavy atom. The molecule has 0 saturated heterocycles. The highest BCUT2D eigenvalue weighted by molar-refractivity contribution is 9.09. The van der Waals surface area contributed by atoms with Gasteiger partial charge < -0.3 is 4.74 Å². The van der Waals surface area contributed by atoms with Crippen molar-refractivity contribution in [3.05, 3.63) is 53.6 Å². The minimum atomic E-state index is -0.261. The Kier molecular flexibility index (Phi) is 3.15. The third-order valence-corrected chi connectivity index (χ3v) is 4.32. The first-order chi connectivity index (χ1) is 9.16. The molecule has 0 amide bonds. The van der Waals surface area contributed by atoms with Crippen LogP contribution >= 0.6 is 15.9 Å². The van der Waals surface area contributed by atoms with Gasteiger partial charge in [-0.2, -0.15) is 0 Å². The van der Waals surface area contributed by atoms with Crippen LogP contribution < -0.4 is 0 Å². The quantitative estimate of drug-likeness (QED) is 0.581. The van der Waals surface area contributed by atoms with Gasteiger partial charge in [-0.05, 0) is 28.0 Å². The van der Waals surface area contributed by atoms with E-state index in [2.05, 4.69) is 40.2 Å². The van der Waals surface area contributed by atoms with Crippen LogP contribution in [0, 0.1) is 0 Å². The number of alkyl halides is 1. The van der Waals surface area contributed by atoms with Gasteiger partial charge in [0, 0.05) is 6.92 Å². The number of fused-ring (bicyclic) bond motifs is 3. The van der Waals surface area contributed by atoms with Crippen LogP contribution in [0.5, 0.6) is 0 Å². The topological polar surface area (TPSA) is 26.3 Å². The largest absolute Gasteiger partial charge is 0.457 e. The van der Waals surface area contributed by atoms with Gasteiger partial charge >= 0.3 is 5.97 Å². The molecule has 3 heteroatoms. The Balaban J connectivity index is 2.15. The molecule has 0 aromatic heterocycles. The second-order valence-electron chi connectivity index (χ2n) is 4.62. The lowest BCUT2D eigenvalue weighted by atomic mass is 9.90. The highest BCUT2D eigenvalue weighted by Gasteiger charge is 2.27. The number of carbonyl (C=O) groups is 1. The molecule has 0 aliphatic heterocycles. The fourth-order valence-electron chi connectivity index (χ4n) is 2.52. The predicted octanol–water partition coefficient (Wildman–Crippen LogP) is 4.23. The molecule has 0 N–H and O–H groups in total. The van der Waals surface area contributed by atoms with Gasteiger partial charge in [-0.25, -0.2) is 0 Å². The Bertz CT molecular complexity index is 676. The summed E-state index contributed by atoms with van der Waals surface area (Å²) in [5, 5.41) is 2.39. The molecular formula is C16H13BrO2. The average Bonchev–Trinajstić information content (AvgIpc) is 2.41. The van der Waals surface area contributed by atoms with Gasteiger partial charge in [0.15, 0.2) is 0 Å². The number of rotatable bonds is 1. The van der Waals surface area contributed by atoms with Crippen molar-refractivity contribution in [3.8, 4) is 0 Å². The maximum Gasteiger partial charge on any atom is 0.303 e. The summed E-state index contributed by atoms with van der Waals surface area (Å²) in [5.41, 5.74) is 2.36. The molecule has 3 rings (SSSR count). The molecule has 2 unspecified atom stereocenters. The maximum absolute atomic E-state index is 11.2. The molecule has 0 bridgehead atoms. The molecule has 2 aromatic carbocycles. The van der Waals surface area contributed by atoms with Crippen LogP contribution in [0.2, 0.25) is 0 Å². The van der Waals surface area contributed by atoms with Crippen LogP contribution in [-0.4, -0.2) is 12.1 Å². The second-order valence-corrected chi connectivity index (χ2v) is 5.61. The summed E-state index contributed by atoms with van der Waals surface area (Å²) in [6.07, 6.45) is 3.70. The van der Waals surface area contributed by atoms with Crippen LogP contribution in [0.15, 0.2) is 42.5 Å². The van der Waals surface area contributed by atoms with Crippen molar-refractivity contribution in [2.45, 2.75) is 17.9 Å². The van der Waals surface area contributed by atoms with Crippen molar-refractivity contribution >= 4 is 38.7 Å². The minimum Gasteiger partial charge on any atom is -0.457 e. The Hall–Kier alpha value is -1.61. The monoisotopic (exact) mass is 316 g/mol. The van der Waals surface area contributed by atoms with Gasteiger partial charge in [0.1, 0.15) is 6.10 Å². The molecule has 2 atom stereocenters. The molecule has 2 aromatic rings. The molecule has 0 heterocycles. The van der Waals surface area contributed by atoms with Crippen LogP contribution in [0.1, 0.15) is 22.9 Å². The van der Waals surface area contributed by atoms with Gasteiger partial charge in [-0.15, -0.1) is 0 Å². The summed E-state index contributed by atoms with van der Waals surface area (Å²) in [7, 11) is 0. The van der Waals surface area contributed by atoms with Gasteiger partial charge in [0.2, 0.25) is 0 Å². The zero-order valence-corrected chi connectivity index (χ0v) is 12.1. The van der Waals surface area contributed by atoms with Crippen LogP contribution in [0.25, 0.3) is 16.8 Å². The van der Waals surface area contributed by atoms with E-state index in [0.717, 1.165) is 0 Å². The SMILES string of the molecule is CC(=O)OC1C=Cc2ccc3ccccc3c2C1Br. The fourth-order valence-corrected chi connectivity index (χ4v) is 3.31. The van der Waals surface area contributed by atoms with Gasteiger partial charge in [0.25, 0.3) is 0 Å². The molecule has 0 spiro atoms. The van der Waals surface area contributed by atoms with Crippen molar-refractivity contribution in [2.75, 3.05) is 0 Å². The third-order valence-electron chi connectivity index (χ3n) is 3.34. The van der Waals surface area contributed by atoms with E-state index in [4.69, 9.17) is 4.74 Å². The summed E-state index contributed by atoms with van der Waals surface area (Å²) < 4.78 is 5.34. The number of hydrogen-bond acceptors (Lipinski definition) is 2. The minimum absolute atomic E-state index is 0.0116. The molecular weight excluding hydrogens is 304 g/mol. The molecule has 19 heavy (non-hydrogen) atoms. The van der Waals surface area contributed by atoms with E-state index < -0.39 is 0 Å². The zero-order valence-electron chi connectivity index (χ0n) is 10.5. The molecule has 0 saturated carbocycles. The molecule has 2 nitrogen and oxygen atoms in total. The second kappa shape index (κ2) is 4.82. The standard InChI is InChI=1S/C16H13BrO2/c1-10(18)19-14-9-8-12-7-6-11-4-2-3-5-13(11)15(12)16(14)17/h2-9,14,16H,1H3. The number of halogens is 1. The summed E-state index contributed by atoms with van der Waals surface area (Å²) in [6.45, 7) is 1.44. The lowest BCUT2D eigenvalue weighted by molar-refractivity contribution is -0.144. The highest BCUT2D eigenvalue weighted by atomic mass is 79.9. The van der Waals surface area contributed by atoms with Gasteiger partial charge in [-0.3, -0.25) is 4.79 Å². The molecule has 0 radical (unpaired) electrons. The molecule has 1 aliphatic carbocycles. The molecule has 96 valence electrons. The Labute approximate surface area is 120 Å². The van der Waals surface area contributed by atoms with E-state index in [0.29, 0.717) is 0 Å². The van der Waals surface area contributed by atoms with Crippen molar-refractivity contribution in [2.24, 2.45) is 0 Å². The van der Waals surface area contributed by atoms with Crippen molar-refractivity contribution < 1.29 is 9.53 Å². The first-order valence-corrected chi connectivity index (χ1v) is 7.09. The van der Waals surface area contributed by atoms with Crippen molar-refractivity contribution in [1.82, 2.24) is 0 Å². The van der Waals surface area contributed by atoms with Crippen molar-refractivity contribution in [3.63, 3.8) is 0 Å². The van der Waals surface area contributed by atoms with E-state index in [-0.39, 0.29) is 16.9 Å². The third kappa shape index (κ3) is 2.19. The first-order valence-electron chi connectivity index (χ1n) is 6.18. The zero-order chi connectivity index (χ0) is 13.4. The van der Waals surface area contributed by atoms with E-state index >= 15 is 0 Å². The predicted molar refractivity (Wildman–Crippen MR) is 80.2 cm³/mol. The van der Waals surface area contributed by atoms with Crippen LogP contribution in [0.3, 0.4) is 0 Å². The number of carbonyl (C=O) groups excluding carboxylic acids is 1. The van der Waals surface area contributed by atoms with E-state index in [1.165, 1.54) is 28.8 Å². The maximum atomic E-state index is 11.2. The van der Waals surface area contributed by atoms with Crippen LogP contribution in [-0.2, 0) is 9.53 Å². The Morgan fingerprint density at radius 3 is 2.79 bits per heavy atom. The summed E-state index contributed by atoms with van der Waals surface area (Å²) in [4.78, 5) is 11.1.